The standard InChI is InChI=1S/C18H24N2O2/c1-4-11-22-17-8-6-5-7-14(17)16-10-9-15(19)18(21)20(16)12-13(2)3/h5-10,13H,4,11-12,19H2,1-3H3. The highest BCUT2D eigenvalue weighted by atomic mass is 16.5. The van der Waals surface area contributed by atoms with Gasteiger partial charge in [0, 0.05) is 12.1 Å². The van der Waals surface area contributed by atoms with Crippen LogP contribution in [-0.2, 0) is 6.54 Å². The van der Waals surface area contributed by atoms with Crippen molar-refractivity contribution in [2.45, 2.75) is 33.7 Å². The van der Waals surface area contributed by atoms with Crippen molar-refractivity contribution >= 4 is 5.69 Å². The minimum atomic E-state index is -0.142. The molecule has 0 radical (unpaired) electrons. The summed E-state index contributed by atoms with van der Waals surface area (Å²) in [4.78, 5) is 12.4. The molecule has 1 aromatic carbocycles. The molecule has 0 aliphatic rings. The number of hydrogen-bond donors (Lipinski definition) is 1. The lowest BCUT2D eigenvalue weighted by molar-refractivity contribution is 0.318. The van der Waals surface area contributed by atoms with Crippen LogP contribution < -0.4 is 16.0 Å². The predicted octanol–water partition coefficient (Wildman–Crippen LogP) is 3.54. The number of benzene rings is 1. The summed E-state index contributed by atoms with van der Waals surface area (Å²) < 4.78 is 7.57. The molecule has 0 atom stereocenters. The van der Waals surface area contributed by atoms with Crippen LogP contribution in [0.3, 0.4) is 0 Å². The fourth-order valence-electron chi connectivity index (χ4n) is 2.39. The molecule has 0 fully saturated rings. The van der Waals surface area contributed by atoms with Crippen LogP contribution in [0.25, 0.3) is 11.3 Å². The average Bonchev–Trinajstić information content (AvgIpc) is 2.50. The van der Waals surface area contributed by atoms with E-state index < -0.39 is 0 Å². The first-order valence-electron chi connectivity index (χ1n) is 7.76. The molecule has 2 N–H and O–H groups in total. The zero-order valence-electron chi connectivity index (χ0n) is 13.5. The highest BCUT2D eigenvalue weighted by Crippen LogP contribution is 2.30. The number of anilines is 1. The number of nitrogen functional groups attached to an aromatic ring is 1. The summed E-state index contributed by atoms with van der Waals surface area (Å²) in [5.74, 6) is 1.15. The van der Waals surface area contributed by atoms with Gasteiger partial charge in [0.25, 0.3) is 5.56 Å². The third kappa shape index (κ3) is 3.50. The largest absolute Gasteiger partial charge is 0.493 e. The lowest BCUT2D eigenvalue weighted by Gasteiger charge is -2.18. The van der Waals surface area contributed by atoms with Gasteiger partial charge >= 0.3 is 0 Å². The Kier molecular flexibility index (Phi) is 5.26. The van der Waals surface area contributed by atoms with Gasteiger partial charge in [-0.15, -0.1) is 0 Å². The molecule has 0 saturated heterocycles. The molecule has 0 aliphatic carbocycles. The van der Waals surface area contributed by atoms with Gasteiger partial charge in [0.1, 0.15) is 5.75 Å². The highest BCUT2D eigenvalue weighted by Gasteiger charge is 2.13. The summed E-state index contributed by atoms with van der Waals surface area (Å²) in [6, 6.07) is 11.4. The monoisotopic (exact) mass is 300 g/mol. The molecule has 0 aliphatic heterocycles. The van der Waals surface area contributed by atoms with E-state index in [9.17, 15) is 4.79 Å². The molecule has 2 rings (SSSR count). The molecule has 4 heteroatoms. The number of para-hydroxylation sites is 1. The van der Waals surface area contributed by atoms with Gasteiger partial charge in [-0.25, -0.2) is 0 Å². The number of hydrogen-bond acceptors (Lipinski definition) is 3. The Morgan fingerprint density at radius 3 is 2.59 bits per heavy atom. The van der Waals surface area contributed by atoms with Crippen LogP contribution in [0.4, 0.5) is 5.69 Å². The quantitative estimate of drug-likeness (QED) is 0.887. The molecule has 22 heavy (non-hydrogen) atoms. The van der Waals surface area contributed by atoms with Gasteiger partial charge < -0.3 is 15.0 Å². The van der Waals surface area contributed by atoms with Crippen molar-refractivity contribution in [3.8, 4) is 17.0 Å². The van der Waals surface area contributed by atoms with E-state index in [2.05, 4.69) is 20.8 Å². The van der Waals surface area contributed by atoms with Crippen molar-refractivity contribution in [3.05, 3.63) is 46.8 Å². The van der Waals surface area contributed by atoms with Crippen LogP contribution in [0, 0.1) is 5.92 Å². The molecule has 0 amide bonds. The Labute approximate surface area is 131 Å². The molecule has 118 valence electrons. The second kappa shape index (κ2) is 7.16. The van der Waals surface area contributed by atoms with E-state index in [0.29, 0.717) is 19.1 Å². The van der Waals surface area contributed by atoms with Crippen LogP contribution in [0.15, 0.2) is 41.2 Å². The lowest BCUT2D eigenvalue weighted by atomic mass is 10.1. The van der Waals surface area contributed by atoms with Gasteiger partial charge in [0.05, 0.1) is 18.0 Å². The van der Waals surface area contributed by atoms with Gasteiger partial charge in [-0.2, -0.15) is 0 Å². The normalized spacial score (nSPS) is 10.9. The van der Waals surface area contributed by atoms with Gasteiger partial charge in [-0.1, -0.05) is 32.9 Å². The molecule has 2 aromatic rings. The molecule has 0 unspecified atom stereocenters. The van der Waals surface area contributed by atoms with Crippen LogP contribution in [-0.4, -0.2) is 11.2 Å². The first-order chi connectivity index (χ1) is 10.5. The lowest BCUT2D eigenvalue weighted by Crippen LogP contribution is -2.26. The van der Waals surface area contributed by atoms with Crippen LogP contribution in [0.2, 0.25) is 0 Å². The Morgan fingerprint density at radius 1 is 1.18 bits per heavy atom. The topological polar surface area (TPSA) is 57.2 Å². The van der Waals surface area contributed by atoms with E-state index in [1.807, 2.05) is 30.3 Å². The average molecular weight is 300 g/mol. The van der Waals surface area contributed by atoms with Crippen molar-refractivity contribution in [2.24, 2.45) is 5.92 Å². The van der Waals surface area contributed by atoms with Crippen molar-refractivity contribution in [3.63, 3.8) is 0 Å². The molecule has 0 bridgehead atoms. The van der Waals surface area contributed by atoms with Crippen LogP contribution >= 0.6 is 0 Å². The van der Waals surface area contributed by atoms with Crippen LogP contribution in [0.5, 0.6) is 5.75 Å². The van der Waals surface area contributed by atoms with Crippen molar-refractivity contribution in [1.82, 2.24) is 4.57 Å². The molecular weight excluding hydrogens is 276 g/mol. The number of pyridine rings is 1. The fraction of sp³-hybridized carbons (Fsp3) is 0.389. The molecule has 1 aromatic heterocycles. The third-order valence-electron chi connectivity index (χ3n) is 3.38. The minimum absolute atomic E-state index is 0.142. The Hall–Kier alpha value is -2.23. The van der Waals surface area contributed by atoms with Gasteiger partial charge in [0.2, 0.25) is 0 Å². The number of nitrogens with two attached hydrogens (primary N) is 1. The van der Waals surface area contributed by atoms with Gasteiger partial charge in [0.15, 0.2) is 0 Å². The van der Waals surface area contributed by atoms with Crippen molar-refractivity contribution < 1.29 is 4.74 Å². The molecule has 1 heterocycles. The number of aromatic nitrogens is 1. The summed E-state index contributed by atoms with van der Waals surface area (Å²) in [5.41, 5.74) is 7.70. The second-order valence-electron chi connectivity index (χ2n) is 5.83. The maximum Gasteiger partial charge on any atom is 0.274 e. The van der Waals surface area contributed by atoms with Crippen molar-refractivity contribution in [2.75, 3.05) is 12.3 Å². The second-order valence-corrected chi connectivity index (χ2v) is 5.83. The molecule has 0 saturated carbocycles. The van der Waals surface area contributed by atoms with E-state index in [0.717, 1.165) is 23.4 Å². The fourth-order valence-corrected chi connectivity index (χ4v) is 2.39. The summed E-state index contributed by atoms with van der Waals surface area (Å²) in [6.45, 7) is 7.51. The van der Waals surface area contributed by atoms with Crippen molar-refractivity contribution in [1.29, 1.82) is 0 Å². The van der Waals surface area contributed by atoms with Gasteiger partial charge in [-0.05, 0) is 36.6 Å². The van der Waals surface area contributed by atoms with E-state index in [4.69, 9.17) is 10.5 Å². The summed E-state index contributed by atoms with van der Waals surface area (Å²) in [5, 5.41) is 0. The maximum absolute atomic E-state index is 12.4. The number of rotatable bonds is 6. The third-order valence-corrected chi connectivity index (χ3v) is 3.38. The predicted molar refractivity (Wildman–Crippen MR) is 91.2 cm³/mol. The number of ether oxygens (including phenoxy) is 1. The van der Waals surface area contributed by atoms with E-state index in [-0.39, 0.29) is 11.2 Å². The van der Waals surface area contributed by atoms with E-state index in [1.54, 1.807) is 10.6 Å². The molecular formula is C18H24N2O2. The summed E-state index contributed by atoms with van der Waals surface area (Å²) in [7, 11) is 0. The van der Waals surface area contributed by atoms with E-state index in [1.165, 1.54) is 0 Å². The molecule has 0 spiro atoms. The van der Waals surface area contributed by atoms with E-state index >= 15 is 0 Å². The Bertz CT molecular complexity index is 690. The Balaban J connectivity index is 2.57. The number of nitrogens with zero attached hydrogens (tertiary/aromatic N) is 1. The summed E-state index contributed by atoms with van der Waals surface area (Å²) >= 11 is 0. The maximum atomic E-state index is 12.4. The Morgan fingerprint density at radius 2 is 1.91 bits per heavy atom. The zero-order chi connectivity index (χ0) is 16.1. The first-order valence-corrected chi connectivity index (χ1v) is 7.76. The SMILES string of the molecule is CCCOc1ccccc1-c1ccc(N)c(=O)n1CC(C)C. The van der Waals surface area contributed by atoms with Crippen LogP contribution in [0.1, 0.15) is 27.2 Å². The highest BCUT2D eigenvalue weighted by molar-refractivity contribution is 5.68. The summed E-state index contributed by atoms with van der Waals surface area (Å²) in [6.07, 6.45) is 0.939. The molecule has 4 nitrogen and oxygen atoms in total. The smallest absolute Gasteiger partial charge is 0.274 e. The first kappa shape index (κ1) is 16.1. The zero-order valence-corrected chi connectivity index (χ0v) is 13.5. The minimum Gasteiger partial charge on any atom is -0.493 e. The van der Waals surface area contributed by atoms with Gasteiger partial charge in [-0.3, -0.25) is 4.79 Å².